The van der Waals surface area contributed by atoms with Crippen LogP contribution < -0.4 is 5.32 Å². The van der Waals surface area contributed by atoms with Crippen molar-refractivity contribution >= 4 is 33.7 Å². The van der Waals surface area contributed by atoms with Gasteiger partial charge in [0.05, 0.1) is 19.8 Å². The van der Waals surface area contributed by atoms with Crippen LogP contribution in [0.2, 0.25) is 0 Å². The quantitative estimate of drug-likeness (QED) is 0.743. The van der Waals surface area contributed by atoms with E-state index in [1.807, 2.05) is 0 Å². The van der Waals surface area contributed by atoms with Crippen molar-refractivity contribution in [1.82, 2.24) is 10.2 Å². The summed E-state index contributed by atoms with van der Waals surface area (Å²) in [6.07, 6.45) is 0.0709. The minimum absolute atomic E-state index is 0.0291. The van der Waals surface area contributed by atoms with Gasteiger partial charge in [0.2, 0.25) is 5.91 Å². The molecule has 0 saturated carbocycles. The van der Waals surface area contributed by atoms with Gasteiger partial charge in [-0.05, 0) is 31.2 Å². The first-order valence-electron chi connectivity index (χ1n) is 8.19. The fourth-order valence-electron chi connectivity index (χ4n) is 3.19. The minimum atomic E-state index is -1.12. The zero-order valence-electron chi connectivity index (χ0n) is 14.1. The zero-order valence-corrected chi connectivity index (χ0v) is 15.7. The van der Waals surface area contributed by atoms with Crippen LogP contribution in [-0.4, -0.2) is 65.4 Å². The van der Waals surface area contributed by atoms with Crippen LogP contribution in [-0.2, 0) is 19.1 Å². The Morgan fingerprint density at radius 3 is 2.46 bits per heavy atom. The molecule has 2 amide bonds. The average Bonchev–Trinajstić information content (AvgIpc) is 3.22. The molecule has 2 N–H and O–H groups in total. The van der Waals surface area contributed by atoms with Crippen LogP contribution in [0.1, 0.15) is 23.7 Å². The number of halogens is 1. The monoisotopic (exact) mass is 426 g/mol. The van der Waals surface area contributed by atoms with E-state index in [1.165, 1.54) is 11.8 Å². The molecule has 0 aromatic heterocycles. The SMILES string of the molecule is C[C@H](NC(=O)c1ccc(Br)cc1)C(=O)N1CC2(C[C@H]1C(=O)O)OCCO2. The van der Waals surface area contributed by atoms with Gasteiger partial charge in [-0.15, -0.1) is 0 Å². The largest absolute Gasteiger partial charge is 0.480 e. The summed E-state index contributed by atoms with van der Waals surface area (Å²) in [5, 5.41) is 12.1. The summed E-state index contributed by atoms with van der Waals surface area (Å²) in [6, 6.07) is 4.77. The molecular weight excluding hydrogens is 408 g/mol. The Balaban J connectivity index is 1.69. The van der Waals surface area contributed by atoms with Gasteiger partial charge < -0.3 is 24.8 Å². The molecule has 8 nitrogen and oxygen atoms in total. The highest BCUT2D eigenvalue weighted by Crippen LogP contribution is 2.35. The van der Waals surface area contributed by atoms with Crippen LogP contribution in [0.25, 0.3) is 0 Å². The van der Waals surface area contributed by atoms with E-state index >= 15 is 0 Å². The number of likely N-dealkylation sites (tertiary alicyclic amines) is 1. The van der Waals surface area contributed by atoms with Gasteiger partial charge in [-0.25, -0.2) is 4.79 Å². The molecule has 2 fully saturated rings. The lowest BCUT2D eigenvalue weighted by Gasteiger charge is -2.26. The fraction of sp³-hybridized carbons (Fsp3) is 0.471. The van der Waals surface area contributed by atoms with Gasteiger partial charge in [-0.1, -0.05) is 15.9 Å². The maximum atomic E-state index is 12.8. The molecule has 2 aliphatic heterocycles. The summed E-state index contributed by atoms with van der Waals surface area (Å²) in [4.78, 5) is 37.8. The van der Waals surface area contributed by atoms with E-state index in [0.717, 1.165) is 4.47 Å². The molecule has 2 saturated heterocycles. The van der Waals surface area contributed by atoms with Gasteiger partial charge in [-0.3, -0.25) is 9.59 Å². The topological polar surface area (TPSA) is 105 Å². The number of carboxylic acids is 1. The third kappa shape index (κ3) is 3.74. The van der Waals surface area contributed by atoms with Crippen LogP contribution in [0.4, 0.5) is 0 Å². The predicted octanol–water partition coefficient (Wildman–Crippen LogP) is 0.996. The third-order valence-corrected chi connectivity index (χ3v) is 5.03. The number of nitrogens with one attached hydrogen (secondary N) is 1. The lowest BCUT2D eigenvalue weighted by Crippen LogP contribution is -2.51. The normalized spacial score (nSPS) is 22.4. The van der Waals surface area contributed by atoms with E-state index in [2.05, 4.69) is 21.2 Å². The highest BCUT2D eigenvalue weighted by atomic mass is 79.9. The lowest BCUT2D eigenvalue weighted by molar-refractivity contribution is -0.153. The molecule has 2 heterocycles. The van der Waals surface area contributed by atoms with Crippen molar-refractivity contribution in [3.8, 4) is 0 Å². The van der Waals surface area contributed by atoms with E-state index in [1.54, 1.807) is 24.3 Å². The van der Waals surface area contributed by atoms with Crippen molar-refractivity contribution < 1.29 is 29.0 Å². The van der Waals surface area contributed by atoms with E-state index in [9.17, 15) is 19.5 Å². The Labute approximate surface area is 158 Å². The first kappa shape index (κ1) is 18.8. The molecule has 9 heteroatoms. The number of carbonyl (C=O) groups is 3. The van der Waals surface area contributed by atoms with Crippen LogP contribution in [0.15, 0.2) is 28.7 Å². The maximum Gasteiger partial charge on any atom is 0.326 e. The standard InChI is InChI=1S/C17H19BrN2O6/c1-10(19-14(21)11-2-4-12(18)5-3-11)15(22)20-9-17(25-6-7-26-17)8-13(20)16(23)24/h2-5,10,13H,6-9H2,1H3,(H,19,21)(H,23,24)/t10-,13-/m0/s1. The molecule has 1 aromatic carbocycles. The maximum absolute atomic E-state index is 12.8. The average molecular weight is 427 g/mol. The van der Waals surface area contributed by atoms with Crippen LogP contribution in [0.5, 0.6) is 0 Å². The van der Waals surface area contributed by atoms with Gasteiger partial charge in [-0.2, -0.15) is 0 Å². The Hall–Kier alpha value is -1.97. The number of rotatable bonds is 4. The third-order valence-electron chi connectivity index (χ3n) is 4.50. The van der Waals surface area contributed by atoms with Crippen molar-refractivity contribution in [1.29, 1.82) is 0 Å². The number of hydrogen-bond acceptors (Lipinski definition) is 5. The molecule has 0 radical (unpaired) electrons. The first-order chi connectivity index (χ1) is 12.3. The second-order valence-corrected chi connectivity index (χ2v) is 7.25. The van der Waals surface area contributed by atoms with Gasteiger partial charge in [0.1, 0.15) is 12.1 Å². The summed E-state index contributed by atoms with van der Waals surface area (Å²) < 4.78 is 11.9. The Kier molecular flexibility index (Phi) is 5.31. The summed E-state index contributed by atoms with van der Waals surface area (Å²) in [6.45, 7) is 2.29. The summed E-state index contributed by atoms with van der Waals surface area (Å²) in [5.41, 5.74) is 0.406. The van der Waals surface area contributed by atoms with Crippen LogP contribution in [0, 0.1) is 0 Å². The van der Waals surface area contributed by atoms with Gasteiger partial charge >= 0.3 is 5.97 Å². The highest BCUT2D eigenvalue weighted by molar-refractivity contribution is 9.10. The number of ether oxygens (including phenoxy) is 2. The number of nitrogens with zero attached hydrogens (tertiary/aromatic N) is 1. The molecular formula is C17H19BrN2O6. The van der Waals surface area contributed by atoms with Crippen LogP contribution >= 0.6 is 15.9 Å². The number of amides is 2. The zero-order chi connectivity index (χ0) is 18.9. The van der Waals surface area contributed by atoms with E-state index in [0.29, 0.717) is 18.8 Å². The molecule has 26 heavy (non-hydrogen) atoms. The van der Waals surface area contributed by atoms with Crippen molar-refractivity contribution in [2.45, 2.75) is 31.2 Å². The van der Waals surface area contributed by atoms with E-state index < -0.39 is 35.7 Å². The minimum Gasteiger partial charge on any atom is -0.480 e. The first-order valence-corrected chi connectivity index (χ1v) is 8.98. The predicted molar refractivity (Wildman–Crippen MR) is 93.5 cm³/mol. The fourth-order valence-corrected chi connectivity index (χ4v) is 3.45. The highest BCUT2D eigenvalue weighted by Gasteiger charge is 2.53. The van der Waals surface area contributed by atoms with Gasteiger partial charge in [0, 0.05) is 16.5 Å². The molecule has 3 rings (SSSR count). The number of benzene rings is 1. The molecule has 1 aromatic rings. The number of carboxylic acid groups (broad SMARTS) is 1. The molecule has 2 aliphatic rings. The number of hydrogen-bond donors (Lipinski definition) is 2. The molecule has 0 unspecified atom stereocenters. The Morgan fingerprint density at radius 2 is 1.88 bits per heavy atom. The van der Waals surface area contributed by atoms with Gasteiger partial charge in [0.15, 0.2) is 5.79 Å². The number of aliphatic carboxylic acids is 1. The molecule has 1 spiro atoms. The lowest BCUT2D eigenvalue weighted by atomic mass is 10.1. The second kappa shape index (κ2) is 7.34. The van der Waals surface area contributed by atoms with Crippen molar-refractivity contribution in [3.63, 3.8) is 0 Å². The Bertz CT molecular complexity index is 716. The molecule has 140 valence electrons. The van der Waals surface area contributed by atoms with E-state index in [4.69, 9.17) is 9.47 Å². The van der Waals surface area contributed by atoms with Crippen molar-refractivity contribution in [3.05, 3.63) is 34.3 Å². The smallest absolute Gasteiger partial charge is 0.326 e. The Morgan fingerprint density at radius 1 is 1.27 bits per heavy atom. The number of carbonyl (C=O) groups excluding carboxylic acids is 2. The molecule has 0 aliphatic carbocycles. The van der Waals surface area contributed by atoms with Crippen molar-refractivity contribution in [2.75, 3.05) is 19.8 Å². The van der Waals surface area contributed by atoms with Crippen LogP contribution in [0.3, 0.4) is 0 Å². The molecule has 2 atom stereocenters. The summed E-state index contributed by atoms with van der Waals surface area (Å²) in [5.74, 6) is -3.08. The van der Waals surface area contributed by atoms with Gasteiger partial charge in [0.25, 0.3) is 5.91 Å². The summed E-state index contributed by atoms with van der Waals surface area (Å²) in [7, 11) is 0. The molecule has 0 bridgehead atoms. The summed E-state index contributed by atoms with van der Waals surface area (Å²) >= 11 is 3.29. The van der Waals surface area contributed by atoms with Crippen molar-refractivity contribution in [2.24, 2.45) is 0 Å². The second-order valence-electron chi connectivity index (χ2n) is 6.33. The van der Waals surface area contributed by atoms with E-state index in [-0.39, 0.29) is 13.0 Å².